The van der Waals surface area contributed by atoms with E-state index in [-0.39, 0.29) is 30.2 Å². The maximum Gasteiger partial charge on any atom is -1.00 e. The number of rotatable bonds is 0. The summed E-state index contributed by atoms with van der Waals surface area (Å²) in [5.74, 6) is 0. The van der Waals surface area contributed by atoms with Crippen molar-refractivity contribution in [2.45, 2.75) is 53.6 Å². The van der Waals surface area contributed by atoms with Crippen molar-refractivity contribution in [2.24, 2.45) is 5.41 Å². The smallest absolute Gasteiger partial charge is 1.00 e. The number of hydrogen-bond donors (Lipinski definition) is 0. The molecule has 0 unspecified atom stereocenters. The van der Waals surface area contributed by atoms with E-state index in [1.807, 2.05) is 0 Å². The normalized spacial score (nSPS) is 14.5. The van der Waals surface area contributed by atoms with Gasteiger partial charge in [-0.25, -0.2) is 23.3 Å². The van der Waals surface area contributed by atoms with Gasteiger partial charge in [0, 0.05) is 0 Å². The molecule has 0 heterocycles. The van der Waals surface area contributed by atoms with E-state index in [1.54, 1.807) is 23.3 Å². The molecule has 0 bridgehead atoms. The molecule has 0 spiro atoms. The van der Waals surface area contributed by atoms with Crippen LogP contribution in [0.5, 0.6) is 0 Å². The third-order valence-electron chi connectivity index (χ3n) is 2.37. The molecular weight excluding hydrogens is 394 g/mol. The first kappa shape index (κ1) is 26.5. The van der Waals surface area contributed by atoms with E-state index in [4.69, 9.17) is 0 Å². The Morgan fingerprint density at radius 3 is 1.57 bits per heavy atom. The van der Waals surface area contributed by atoms with Crippen LogP contribution in [0.15, 0.2) is 35.5 Å². The summed E-state index contributed by atoms with van der Waals surface area (Å²) in [5.41, 5.74) is 3.13. The zero-order chi connectivity index (χ0) is 14.9. The zero-order valence-electron chi connectivity index (χ0n) is 14.0. The number of hydrogen-bond acceptors (Lipinski definition) is 0. The van der Waals surface area contributed by atoms with E-state index in [9.17, 15) is 0 Å². The van der Waals surface area contributed by atoms with Crippen molar-refractivity contribution in [3.63, 3.8) is 0 Å². The first-order valence-corrected chi connectivity index (χ1v) is 13.0. The van der Waals surface area contributed by atoms with Gasteiger partial charge in [-0.15, -0.1) is 12.8 Å². The Morgan fingerprint density at radius 2 is 1.43 bits per heavy atom. The first-order valence-electron chi connectivity index (χ1n) is 6.77. The molecule has 0 aromatic heterocycles. The fourth-order valence-electron chi connectivity index (χ4n) is 1.43. The van der Waals surface area contributed by atoms with Gasteiger partial charge >= 0.3 is 41.9 Å². The second-order valence-corrected chi connectivity index (χ2v) is 15.3. The van der Waals surface area contributed by atoms with Gasteiger partial charge in [-0.05, 0) is 5.41 Å². The molecule has 0 saturated heterocycles. The van der Waals surface area contributed by atoms with Crippen LogP contribution in [-0.2, 0) is 23.3 Å². The molecule has 118 valence electrons. The molecule has 2 aliphatic carbocycles. The van der Waals surface area contributed by atoms with Gasteiger partial charge in [-0.2, -0.15) is 12.2 Å². The Labute approximate surface area is 159 Å². The van der Waals surface area contributed by atoms with Crippen LogP contribution in [0, 0.1) is 17.6 Å². The van der Waals surface area contributed by atoms with Crippen molar-refractivity contribution in [1.29, 1.82) is 0 Å². The zero-order valence-corrected chi connectivity index (χ0v) is 18.9. The van der Waals surface area contributed by atoms with E-state index >= 15 is 0 Å². The predicted octanol–water partition coefficient (Wildman–Crippen LogP) is -0.790. The summed E-state index contributed by atoms with van der Waals surface area (Å²) in [6.45, 7) is 13.3. The molecule has 0 aromatic carbocycles. The van der Waals surface area contributed by atoms with E-state index in [0.29, 0.717) is 5.41 Å². The molecule has 2 rings (SSSR count). The Balaban J connectivity index is -0.000000239. The Kier molecular flexibility index (Phi) is 18.0. The van der Waals surface area contributed by atoms with Crippen LogP contribution in [0.25, 0.3) is 0 Å². The fraction of sp³-hybridized carbons (Fsp3) is 0.529. The van der Waals surface area contributed by atoms with Crippen molar-refractivity contribution < 1.29 is 48.1 Å². The Hall–Kier alpha value is 0.640. The van der Waals surface area contributed by atoms with E-state index in [1.165, 1.54) is 11.1 Å². The fourth-order valence-corrected chi connectivity index (χ4v) is 1.43. The molecule has 0 aliphatic heterocycles. The summed E-state index contributed by atoms with van der Waals surface area (Å²) in [6.07, 6.45) is 17.0. The molecule has 0 atom stereocenters. The average Bonchev–Trinajstić information content (AvgIpc) is 2.86. The number of allylic oxidation sites excluding steroid dienone is 8. The first-order chi connectivity index (χ1) is 8.73. The average molecular weight is 421 g/mol. The molecule has 4 heteroatoms. The van der Waals surface area contributed by atoms with Gasteiger partial charge in [0.15, 0.2) is 0 Å². The Bertz CT molecular complexity index is 406. The maximum absolute atomic E-state index is 3.30. The third-order valence-corrected chi connectivity index (χ3v) is 2.37. The summed E-state index contributed by atoms with van der Waals surface area (Å²) in [4.78, 5) is 0. The summed E-state index contributed by atoms with van der Waals surface area (Å²) >= 11 is 1.74. The van der Waals surface area contributed by atoms with Gasteiger partial charge in [0.1, 0.15) is 0 Å². The molecule has 2 aliphatic rings. The minimum Gasteiger partial charge on any atom is -1.00 e. The van der Waals surface area contributed by atoms with E-state index < -0.39 is 0 Å². The van der Waals surface area contributed by atoms with E-state index in [0.717, 1.165) is 12.8 Å². The van der Waals surface area contributed by atoms with Crippen molar-refractivity contribution in [3.8, 4) is 0 Å². The van der Waals surface area contributed by atoms with Gasteiger partial charge < -0.3 is 24.8 Å². The third kappa shape index (κ3) is 16.8. The molecule has 0 nitrogen and oxygen atoms in total. The van der Waals surface area contributed by atoms with Crippen LogP contribution in [0.3, 0.4) is 0 Å². The minimum atomic E-state index is 0. The molecule has 0 amide bonds. The van der Waals surface area contributed by atoms with Crippen LogP contribution >= 0.6 is 0 Å². The molecule has 0 aromatic rings. The van der Waals surface area contributed by atoms with Gasteiger partial charge in [-0.1, -0.05) is 27.7 Å². The van der Waals surface area contributed by atoms with Crippen molar-refractivity contribution in [3.05, 3.63) is 47.6 Å². The monoisotopic (exact) mass is 418 g/mol. The quantitative estimate of drug-likeness (QED) is 0.356. The number of halogens is 2. The van der Waals surface area contributed by atoms with Crippen molar-refractivity contribution >= 4 is 5.43 Å². The second-order valence-electron chi connectivity index (χ2n) is 5.91. The van der Waals surface area contributed by atoms with Gasteiger partial charge in [0.05, 0.1) is 0 Å². The van der Waals surface area contributed by atoms with Crippen molar-refractivity contribution in [1.82, 2.24) is 0 Å². The topological polar surface area (TPSA) is 0 Å². The molecule has 0 saturated carbocycles. The second kappa shape index (κ2) is 14.2. The van der Waals surface area contributed by atoms with Crippen LogP contribution in [0.1, 0.15) is 40.5 Å². The Morgan fingerprint density at radius 1 is 1.00 bits per heavy atom. The van der Waals surface area contributed by atoms with Gasteiger partial charge in [-0.3, -0.25) is 12.2 Å². The molecule has 0 N–H and O–H groups in total. The van der Waals surface area contributed by atoms with Gasteiger partial charge in [0.2, 0.25) is 0 Å². The minimum absolute atomic E-state index is 0. The molecule has 0 fully saturated rings. The van der Waals surface area contributed by atoms with Crippen LogP contribution < -0.4 is 24.8 Å². The summed E-state index contributed by atoms with van der Waals surface area (Å²) in [7, 11) is 0. The van der Waals surface area contributed by atoms with Crippen LogP contribution in [-0.4, -0.2) is 5.43 Å². The molecular formula is C17H26Cl2SiZr-2. The largest absolute Gasteiger partial charge is 1.00 e. The SMILES string of the molecule is CC(C)(C)C1=[C-]CC=C1.CC1=[C-]CC=C1.C[Si](C)=[Zr+2].[Cl-].[Cl-]. The molecule has 21 heavy (non-hydrogen) atoms. The standard InChI is InChI=1S/C9H13.C6H7.C2H6Si.2ClH.Zr/c1-9(2,3)8-6-4-5-7-8;1-6-4-2-3-5-6;1-3-2;;;/h4,6H,5H2,1-3H3;2,4H,3H2,1H3;1-2H3;2*1H;/q2*-1;;;;+2/p-2. The summed E-state index contributed by atoms with van der Waals surface area (Å²) in [5, 5.41) is 0. The van der Waals surface area contributed by atoms with Crippen LogP contribution in [0.4, 0.5) is 0 Å². The summed E-state index contributed by atoms with van der Waals surface area (Å²) in [6, 6.07) is 0. The van der Waals surface area contributed by atoms with Crippen molar-refractivity contribution in [2.75, 3.05) is 0 Å². The van der Waals surface area contributed by atoms with E-state index in [2.05, 4.69) is 77.2 Å². The van der Waals surface area contributed by atoms with Crippen LogP contribution in [0.2, 0.25) is 13.1 Å². The summed E-state index contributed by atoms with van der Waals surface area (Å²) < 4.78 is 0. The maximum atomic E-state index is 3.30. The molecule has 0 radical (unpaired) electrons. The predicted molar refractivity (Wildman–Crippen MR) is 83.6 cm³/mol. The van der Waals surface area contributed by atoms with Gasteiger partial charge in [0.25, 0.3) is 0 Å².